The molecule has 0 spiro atoms. The first-order valence-corrected chi connectivity index (χ1v) is 6.53. The first-order valence-electron chi connectivity index (χ1n) is 6.53. The van der Waals surface area contributed by atoms with E-state index in [1.54, 1.807) is 0 Å². The Labute approximate surface area is 99.4 Å². The van der Waals surface area contributed by atoms with Gasteiger partial charge in [-0.3, -0.25) is 4.90 Å². The summed E-state index contributed by atoms with van der Waals surface area (Å²) in [6.07, 6.45) is 2.69. The van der Waals surface area contributed by atoms with Gasteiger partial charge in [0.15, 0.2) is 0 Å². The van der Waals surface area contributed by atoms with Crippen molar-refractivity contribution in [1.82, 2.24) is 14.7 Å². The molecule has 2 rings (SSSR count). The molecule has 0 aromatic carbocycles. The minimum absolute atomic E-state index is 0.565. The molecule has 16 heavy (non-hydrogen) atoms. The summed E-state index contributed by atoms with van der Waals surface area (Å²) in [5.74, 6) is 0. The predicted molar refractivity (Wildman–Crippen MR) is 67.6 cm³/mol. The topological polar surface area (TPSA) is 35.7 Å². The summed E-state index contributed by atoms with van der Waals surface area (Å²) >= 11 is 0. The number of piperidine rings is 1. The van der Waals surface area contributed by atoms with Gasteiger partial charge in [0.1, 0.15) is 0 Å². The summed E-state index contributed by atoms with van der Waals surface area (Å²) in [4.78, 5) is 7.52. The van der Waals surface area contributed by atoms with Crippen molar-refractivity contribution in [2.45, 2.75) is 24.9 Å². The van der Waals surface area contributed by atoms with Crippen molar-refractivity contribution in [3.05, 3.63) is 0 Å². The molecule has 2 unspecified atom stereocenters. The van der Waals surface area contributed by atoms with E-state index in [0.717, 1.165) is 19.1 Å². The zero-order valence-electron chi connectivity index (χ0n) is 10.7. The van der Waals surface area contributed by atoms with E-state index in [2.05, 4.69) is 28.8 Å². The van der Waals surface area contributed by atoms with Crippen molar-refractivity contribution >= 4 is 0 Å². The number of rotatable bonds is 2. The maximum Gasteiger partial charge on any atom is 0.0349 e. The van der Waals surface area contributed by atoms with Gasteiger partial charge in [-0.25, -0.2) is 0 Å². The molecule has 2 aliphatic heterocycles. The quantitative estimate of drug-likeness (QED) is 0.698. The molecule has 4 nitrogen and oxygen atoms in total. The molecule has 2 aliphatic rings. The van der Waals surface area contributed by atoms with Gasteiger partial charge in [-0.1, -0.05) is 0 Å². The van der Waals surface area contributed by atoms with Crippen LogP contribution in [0.2, 0.25) is 0 Å². The van der Waals surface area contributed by atoms with Crippen LogP contribution in [0, 0.1) is 0 Å². The fourth-order valence-electron chi connectivity index (χ4n) is 3.13. The van der Waals surface area contributed by atoms with Crippen molar-refractivity contribution in [3.8, 4) is 0 Å². The highest BCUT2D eigenvalue weighted by Gasteiger charge is 2.31. The number of likely N-dealkylation sites (N-methyl/N-ethyl adjacent to an activating group) is 2. The lowest BCUT2D eigenvalue weighted by Gasteiger charge is -2.46. The van der Waals surface area contributed by atoms with E-state index in [-0.39, 0.29) is 0 Å². The summed E-state index contributed by atoms with van der Waals surface area (Å²) in [5, 5.41) is 0. The Kier molecular flexibility index (Phi) is 4.19. The molecule has 2 fully saturated rings. The summed E-state index contributed by atoms with van der Waals surface area (Å²) in [6, 6.07) is 1.30. The van der Waals surface area contributed by atoms with Gasteiger partial charge in [0.25, 0.3) is 0 Å². The van der Waals surface area contributed by atoms with Crippen molar-refractivity contribution in [3.63, 3.8) is 0 Å². The Morgan fingerprint density at radius 2 is 1.81 bits per heavy atom. The molecule has 0 amide bonds. The van der Waals surface area contributed by atoms with E-state index in [1.165, 1.54) is 39.0 Å². The lowest BCUT2D eigenvalue weighted by Crippen LogP contribution is -2.60. The molecule has 2 N–H and O–H groups in total. The molecule has 0 radical (unpaired) electrons. The summed E-state index contributed by atoms with van der Waals surface area (Å²) in [5.41, 5.74) is 5.92. The van der Waals surface area contributed by atoms with E-state index in [0.29, 0.717) is 6.04 Å². The smallest absolute Gasteiger partial charge is 0.0349 e. The maximum atomic E-state index is 5.92. The normalized spacial score (nSPS) is 35.4. The zero-order chi connectivity index (χ0) is 11.5. The predicted octanol–water partition coefficient (Wildman–Crippen LogP) is -0.345. The van der Waals surface area contributed by atoms with Crippen molar-refractivity contribution in [1.29, 1.82) is 0 Å². The highest BCUT2D eigenvalue weighted by molar-refractivity contribution is 4.89. The van der Waals surface area contributed by atoms with Gasteiger partial charge < -0.3 is 15.5 Å². The van der Waals surface area contributed by atoms with Crippen LogP contribution in [0.1, 0.15) is 12.8 Å². The molecule has 0 aliphatic carbocycles. The zero-order valence-corrected chi connectivity index (χ0v) is 10.7. The van der Waals surface area contributed by atoms with Crippen LogP contribution in [-0.4, -0.2) is 80.1 Å². The third-order valence-corrected chi connectivity index (χ3v) is 4.07. The van der Waals surface area contributed by atoms with Gasteiger partial charge in [-0.15, -0.1) is 0 Å². The monoisotopic (exact) mass is 226 g/mol. The van der Waals surface area contributed by atoms with Crippen molar-refractivity contribution < 1.29 is 0 Å². The largest absolute Gasteiger partial charge is 0.329 e. The number of piperazine rings is 1. The van der Waals surface area contributed by atoms with Gasteiger partial charge in [-0.2, -0.15) is 0 Å². The number of nitrogens with two attached hydrogens (primary N) is 1. The first kappa shape index (κ1) is 12.3. The van der Waals surface area contributed by atoms with Gasteiger partial charge >= 0.3 is 0 Å². The SMILES string of the molecule is CN1CCN(C2CCCN(C)C2)C(CN)C1. The van der Waals surface area contributed by atoms with Crippen LogP contribution in [0.25, 0.3) is 0 Å². The van der Waals surface area contributed by atoms with Crippen LogP contribution in [0.4, 0.5) is 0 Å². The highest BCUT2D eigenvalue weighted by Crippen LogP contribution is 2.19. The van der Waals surface area contributed by atoms with E-state index < -0.39 is 0 Å². The van der Waals surface area contributed by atoms with Crippen LogP contribution >= 0.6 is 0 Å². The second-order valence-corrected chi connectivity index (χ2v) is 5.45. The van der Waals surface area contributed by atoms with Crippen LogP contribution in [0.15, 0.2) is 0 Å². The number of hydrogen-bond donors (Lipinski definition) is 1. The molecule has 2 atom stereocenters. The second kappa shape index (κ2) is 5.45. The molecule has 0 aromatic rings. The molecule has 2 heterocycles. The third kappa shape index (κ3) is 2.74. The fraction of sp³-hybridized carbons (Fsp3) is 1.00. The molecule has 0 aromatic heterocycles. The Morgan fingerprint density at radius 1 is 1.06 bits per heavy atom. The lowest BCUT2D eigenvalue weighted by molar-refractivity contribution is 0.0261. The molecular weight excluding hydrogens is 200 g/mol. The summed E-state index contributed by atoms with van der Waals surface area (Å²) in [6.45, 7) is 6.80. The Hall–Kier alpha value is -0.160. The van der Waals surface area contributed by atoms with E-state index in [1.807, 2.05) is 0 Å². The van der Waals surface area contributed by atoms with E-state index in [4.69, 9.17) is 5.73 Å². The second-order valence-electron chi connectivity index (χ2n) is 5.45. The molecule has 2 saturated heterocycles. The number of nitrogens with zero attached hydrogens (tertiary/aromatic N) is 3. The maximum absolute atomic E-state index is 5.92. The number of hydrogen-bond acceptors (Lipinski definition) is 4. The van der Waals surface area contributed by atoms with E-state index in [9.17, 15) is 0 Å². The first-order chi connectivity index (χ1) is 7.70. The van der Waals surface area contributed by atoms with Gasteiger partial charge in [-0.05, 0) is 33.5 Å². The number of likely N-dealkylation sites (tertiary alicyclic amines) is 1. The van der Waals surface area contributed by atoms with Crippen molar-refractivity contribution in [2.24, 2.45) is 5.73 Å². The minimum atomic E-state index is 0.565. The third-order valence-electron chi connectivity index (χ3n) is 4.07. The average Bonchev–Trinajstić information content (AvgIpc) is 2.28. The van der Waals surface area contributed by atoms with Crippen LogP contribution in [-0.2, 0) is 0 Å². The molecule has 94 valence electrons. The standard InChI is InChI=1S/C12H26N4/c1-14-5-3-4-11(9-14)16-7-6-15(2)10-12(16)8-13/h11-12H,3-10,13H2,1-2H3. The van der Waals surface area contributed by atoms with Crippen LogP contribution < -0.4 is 5.73 Å². The lowest BCUT2D eigenvalue weighted by atomic mass is 10.0. The fourth-order valence-corrected chi connectivity index (χ4v) is 3.13. The van der Waals surface area contributed by atoms with Crippen LogP contribution in [0.5, 0.6) is 0 Å². The van der Waals surface area contributed by atoms with Gasteiger partial charge in [0, 0.05) is 44.8 Å². The van der Waals surface area contributed by atoms with Crippen molar-refractivity contribution in [2.75, 3.05) is 53.4 Å². The summed E-state index contributed by atoms with van der Waals surface area (Å²) < 4.78 is 0. The molecule has 0 bridgehead atoms. The van der Waals surface area contributed by atoms with E-state index >= 15 is 0 Å². The Morgan fingerprint density at radius 3 is 2.50 bits per heavy atom. The molecule has 4 heteroatoms. The Balaban J connectivity index is 1.95. The highest BCUT2D eigenvalue weighted by atomic mass is 15.3. The molecule has 0 saturated carbocycles. The van der Waals surface area contributed by atoms with Gasteiger partial charge in [0.05, 0.1) is 0 Å². The van der Waals surface area contributed by atoms with Gasteiger partial charge in [0.2, 0.25) is 0 Å². The summed E-state index contributed by atoms with van der Waals surface area (Å²) in [7, 11) is 4.44. The Bertz CT molecular complexity index is 221. The minimum Gasteiger partial charge on any atom is -0.329 e. The average molecular weight is 226 g/mol. The van der Waals surface area contributed by atoms with Crippen LogP contribution in [0.3, 0.4) is 0 Å². The molecular formula is C12H26N4.